The average molecular weight is 847 g/mol. The third-order valence-corrected chi connectivity index (χ3v) is 14.8. The van der Waals surface area contributed by atoms with E-state index in [2.05, 4.69) is 186 Å². The van der Waals surface area contributed by atoms with Crippen molar-refractivity contribution in [1.82, 2.24) is 0 Å². The summed E-state index contributed by atoms with van der Waals surface area (Å²) in [5.41, 5.74) is 21.3. The van der Waals surface area contributed by atoms with Gasteiger partial charge < -0.3 is 24.8 Å². The van der Waals surface area contributed by atoms with E-state index in [1.807, 2.05) is 0 Å². The fourth-order valence-corrected chi connectivity index (χ4v) is 11.3. The normalized spacial score (nSPS) is 17.6. The zero-order chi connectivity index (χ0) is 37.9. The molecule has 4 aromatic carbocycles. The van der Waals surface area contributed by atoms with Gasteiger partial charge in [0.1, 0.15) is 0 Å². The van der Waals surface area contributed by atoms with Crippen LogP contribution in [0.3, 0.4) is 0 Å². The van der Waals surface area contributed by atoms with Crippen LogP contribution in [0.25, 0.3) is 22.3 Å². The maximum Gasteiger partial charge on any atom is -1.00 e. The second-order valence-corrected chi connectivity index (χ2v) is 24.0. The number of halogens is 2. The molecule has 280 valence electrons. The average Bonchev–Trinajstić information content (AvgIpc) is 3.74. The molecule has 0 aliphatic heterocycles. The van der Waals surface area contributed by atoms with E-state index >= 15 is 0 Å². The van der Waals surface area contributed by atoms with Crippen molar-refractivity contribution in [1.29, 1.82) is 0 Å². The summed E-state index contributed by atoms with van der Waals surface area (Å²) in [6, 6.07) is 27.3. The SMILES string of the molecule is CC1=[C-]C(C)(C)c2cc3c(cc21)-c1cc2c(cc1C3)C(C)(C)C=C2C.CC1=[C-]C(C)C=C1[Si](C)(C)C.Cc1ccc([C](=[Zr+2])c2ccc(C)cc2)cc1.[Cl-].[Cl-]. The van der Waals surface area contributed by atoms with Crippen LogP contribution in [0.4, 0.5) is 0 Å². The molecule has 0 heterocycles. The predicted octanol–water partition coefficient (Wildman–Crippen LogP) is 7.07. The van der Waals surface area contributed by atoms with Gasteiger partial charge in [-0.25, -0.2) is 16.3 Å². The number of benzene rings is 4. The molecule has 0 radical (unpaired) electrons. The first-order valence-corrected chi connectivity index (χ1v) is 23.7. The van der Waals surface area contributed by atoms with Crippen LogP contribution < -0.4 is 24.8 Å². The van der Waals surface area contributed by atoms with E-state index in [4.69, 9.17) is 0 Å². The molecule has 4 aliphatic rings. The van der Waals surface area contributed by atoms with Crippen LogP contribution in [0, 0.1) is 31.9 Å². The van der Waals surface area contributed by atoms with Crippen molar-refractivity contribution in [3.63, 3.8) is 0 Å². The summed E-state index contributed by atoms with van der Waals surface area (Å²) in [5, 5.41) is 1.60. The largest absolute Gasteiger partial charge is 1.00 e. The van der Waals surface area contributed by atoms with Crippen molar-refractivity contribution in [3.05, 3.63) is 164 Å². The van der Waals surface area contributed by atoms with Crippen LogP contribution >= 0.6 is 0 Å². The van der Waals surface area contributed by atoms with Gasteiger partial charge in [-0.05, 0) is 66.4 Å². The number of rotatable bonds is 3. The predicted molar refractivity (Wildman–Crippen MR) is 225 cm³/mol. The Morgan fingerprint density at radius 3 is 1.59 bits per heavy atom. The number of hydrogen-bond acceptors (Lipinski definition) is 0. The maximum atomic E-state index is 3.65. The van der Waals surface area contributed by atoms with Gasteiger partial charge in [0.25, 0.3) is 0 Å². The standard InChI is InChI=1S/C25H25.C15H14.C10H17Si.2ClH.Zr/c1-14-12-24(3,4)22-8-16-7-17-9-23-19(15(2)13-25(23,5)6)11-21(17)20(16)10-18(14)22;1-12-3-7-14(8-4-12)11-15-9-5-13(2)6-10-15;1-8-6-9(2)10(7-8)11(3,4)5;;;/h8-12H,7H2,1-6H3;3-10H,1-2H3;7-8H,1-5H3;2*1H;/q-1;;-1;;;+2/p-2. The fraction of sp³-hybridized carbons (Fsp3) is 0.340. The van der Waals surface area contributed by atoms with E-state index in [1.165, 1.54) is 111 Å². The Hall–Kier alpha value is -2.61. The Morgan fingerprint density at radius 1 is 0.667 bits per heavy atom. The zero-order valence-corrected chi connectivity index (χ0v) is 39.6. The van der Waals surface area contributed by atoms with Gasteiger partial charge >= 0.3 is 112 Å². The molecule has 8 rings (SSSR count). The quantitative estimate of drug-likeness (QED) is 0.135. The monoisotopic (exact) mass is 844 g/mol. The van der Waals surface area contributed by atoms with Gasteiger partial charge in [-0.15, -0.1) is 11.6 Å². The van der Waals surface area contributed by atoms with E-state index < -0.39 is 8.07 Å². The third kappa shape index (κ3) is 8.99. The minimum atomic E-state index is -1.07. The van der Waals surface area contributed by atoms with Gasteiger partial charge in [-0.1, -0.05) is 97.6 Å². The topological polar surface area (TPSA) is 0 Å². The molecule has 4 heteroatoms. The molecular weight excluding hydrogens is 791 g/mol. The maximum absolute atomic E-state index is 3.65. The summed E-state index contributed by atoms with van der Waals surface area (Å²) in [5.74, 6) is 0.553. The van der Waals surface area contributed by atoms with Gasteiger partial charge in [0.2, 0.25) is 0 Å². The van der Waals surface area contributed by atoms with Crippen LogP contribution in [0.1, 0.15) is 111 Å². The van der Waals surface area contributed by atoms with E-state index in [-0.39, 0.29) is 35.6 Å². The Bertz CT molecular complexity index is 2070. The van der Waals surface area contributed by atoms with Gasteiger partial charge in [0.15, 0.2) is 0 Å². The van der Waals surface area contributed by atoms with E-state index in [9.17, 15) is 0 Å². The summed E-state index contributed by atoms with van der Waals surface area (Å²) in [6.45, 7) is 29.5. The van der Waals surface area contributed by atoms with Crippen molar-refractivity contribution >= 4 is 22.4 Å². The van der Waals surface area contributed by atoms with Crippen molar-refractivity contribution in [2.75, 3.05) is 0 Å². The molecule has 0 nitrogen and oxygen atoms in total. The number of allylic oxidation sites excluding steroid dienone is 8. The van der Waals surface area contributed by atoms with Crippen molar-refractivity contribution < 1.29 is 49.0 Å². The molecule has 0 N–H and O–H groups in total. The molecule has 0 aromatic heterocycles. The molecule has 0 saturated carbocycles. The van der Waals surface area contributed by atoms with Gasteiger partial charge in [-0.3, -0.25) is 12.2 Å². The minimum absolute atomic E-state index is 0. The van der Waals surface area contributed by atoms with Crippen LogP contribution in [-0.4, -0.2) is 11.3 Å². The Kier molecular flexibility index (Phi) is 13.5. The fourth-order valence-electron chi connectivity index (χ4n) is 8.53. The van der Waals surface area contributed by atoms with E-state index in [0.717, 1.165) is 6.42 Å². The van der Waals surface area contributed by atoms with E-state index in [1.54, 1.807) is 5.20 Å². The smallest absolute Gasteiger partial charge is 1.00 e. The molecule has 1 atom stereocenters. The molecular formula is C50H56Cl2SiZr-2. The summed E-state index contributed by atoms with van der Waals surface area (Å²) in [6.07, 6.45) is 12.9. The van der Waals surface area contributed by atoms with E-state index in [0.29, 0.717) is 5.92 Å². The first-order valence-electron chi connectivity index (χ1n) is 19.0. The third-order valence-electron chi connectivity index (χ3n) is 11.2. The van der Waals surface area contributed by atoms with Gasteiger partial charge in [-0.2, -0.15) is 11.6 Å². The van der Waals surface area contributed by atoms with Crippen LogP contribution in [0.15, 0.2) is 95.7 Å². The first kappa shape index (κ1) is 44.1. The number of aryl methyl sites for hydroxylation is 2. The molecule has 4 aliphatic carbocycles. The molecule has 4 aromatic rings. The molecule has 54 heavy (non-hydrogen) atoms. The summed E-state index contributed by atoms with van der Waals surface area (Å²) >= 11 is 1.46. The molecule has 0 spiro atoms. The van der Waals surface area contributed by atoms with Gasteiger partial charge in [0, 0.05) is 5.41 Å². The molecule has 1 unspecified atom stereocenters. The van der Waals surface area contributed by atoms with Crippen LogP contribution in [0.2, 0.25) is 19.6 Å². The molecule has 0 bridgehead atoms. The molecule has 0 amide bonds. The molecule has 0 saturated heterocycles. The Morgan fingerprint density at radius 2 is 1.15 bits per heavy atom. The second-order valence-electron chi connectivity index (χ2n) is 17.7. The van der Waals surface area contributed by atoms with Crippen LogP contribution in [-0.2, 0) is 41.5 Å². The summed E-state index contributed by atoms with van der Waals surface area (Å²) in [7, 11) is -1.07. The zero-order valence-electron chi connectivity index (χ0n) is 34.6. The van der Waals surface area contributed by atoms with Crippen molar-refractivity contribution in [2.24, 2.45) is 5.92 Å². The van der Waals surface area contributed by atoms with Crippen molar-refractivity contribution in [3.8, 4) is 11.1 Å². The second kappa shape index (κ2) is 16.5. The molecule has 0 fully saturated rings. The summed E-state index contributed by atoms with van der Waals surface area (Å²) < 4.78 is 1.42. The van der Waals surface area contributed by atoms with Gasteiger partial charge in [0.05, 0.1) is 0 Å². The first-order chi connectivity index (χ1) is 24.2. The minimum Gasteiger partial charge on any atom is -1.00 e. The Labute approximate surface area is 355 Å². The van der Waals surface area contributed by atoms with Crippen LogP contribution in [0.5, 0.6) is 0 Å². The number of hydrogen-bond donors (Lipinski definition) is 0. The van der Waals surface area contributed by atoms with Crippen molar-refractivity contribution in [2.45, 2.75) is 106 Å². The summed E-state index contributed by atoms with van der Waals surface area (Å²) in [4.78, 5) is 0. The Balaban J connectivity index is 0.000000194. The number of fused-ring (bicyclic) bond motifs is 5.